The van der Waals surface area contributed by atoms with Crippen molar-refractivity contribution < 1.29 is 35.7 Å². The van der Waals surface area contributed by atoms with Gasteiger partial charge in [0.25, 0.3) is 17.4 Å². The van der Waals surface area contributed by atoms with Gasteiger partial charge in [-0.1, -0.05) is 0 Å². The zero-order chi connectivity index (χ0) is 10.0. The molecule has 0 aliphatic heterocycles. The second kappa shape index (κ2) is 1.80. The van der Waals surface area contributed by atoms with Gasteiger partial charge in [0.1, 0.15) is 0 Å². The maximum atomic E-state index is 8.98. The van der Waals surface area contributed by atoms with Crippen LogP contribution in [0, 0.1) is 0 Å². The first-order valence-electron chi connectivity index (χ1n) is 3.07. The molecular formula is C5H10O7. The van der Waals surface area contributed by atoms with Crippen LogP contribution in [0.1, 0.15) is 6.92 Å². The van der Waals surface area contributed by atoms with Crippen LogP contribution in [0.2, 0.25) is 0 Å². The monoisotopic (exact) mass is 182 g/mol. The lowest BCUT2D eigenvalue weighted by Crippen LogP contribution is -2.94. The van der Waals surface area contributed by atoms with Gasteiger partial charge in [-0.3, -0.25) is 0 Å². The molecule has 0 aromatic rings. The van der Waals surface area contributed by atoms with Gasteiger partial charge in [0.2, 0.25) is 0 Å². The third-order valence-electron chi connectivity index (χ3n) is 2.33. The first-order chi connectivity index (χ1) is 5.00. The SMILES string of the molecule is CC1(O)C(O)(O)C(O)(O)C1(O)O. The van der Waals surface area contributed by atoms with Gasteiger partial charge in [0.15, 0.2) is 5.60 Å². The molecule has 72 valence electrons. The number of hydrogen-bond acceptors (Lipinski definition) is 7. The molecule has 0 aromatic heterocycles. The molecule has 1 aliphatic carbocycles. The molecule has 0 aromatic carbocycles. The number of hydrogen-bond donors (Lipinski definition) is 7. The smallest absolute Gasteiger partial charge is 0.280 e. The Kier molecular flexibility index (Phi) is 1.47. The van der Waals surface area contributed by atoms with E-state index in [-0.39, 0.29) is 0 Å². The van der Waals surface area contributed by atoms with Crippen LogP contribution in [0.5, 0.6) is 0 Å². The van der Waals surface area contributed by atoms with Crippen molar-refractivity contribution in [1.29, 1.82) is 0 Å². The molecule has 1 rings (SSSR count). The Morgan fingerprint density at radius 3 is 0.917 bits per heavy atom. The third kappa shape index (κ3) is 0.579. The first kappa shape index (κ1) is 9.81. The lowest BCUT2D eigenvalue weighted by atomic mass is 9.63. The molecule has 0 unspecified atom stereocenters. The highest BCUT2D eigenvalue weighted by Crippen LogP contribution is 2.53. The lowest BCUT2D eigenvalue weighted by molar-refractivity contribution is -0.593. The molecule has 0 saturated heterocycles. The molecule has 12 heavy (non-hydrogen) atoms. The second-order valence-electron chi connectivity index (χ2n) is 3.09. The normalized spacial score (nSPS) is 34.0. The van der Waals surface area contributed by atoms with Crippen molar-refractivity contribution in [2.75, 3.05) is 0 Å². The Bertz CT molecular complexity index is 152. The van der Waals surface area contributed by atoms with Gasteiger partial charge in [0, 0.05) is 0 Å². The maximum Gasteiger partial charge on any atom is 0.280 e. The molecule has 0 bridgehead atoms. The summed E-state index contributed by atoms with van der Waals surface area (Å²) in [7, 11) is 0. The van der Waals surface area contributed by atoms with Gasteiger partial charge in [-0.2, -0.15) is 0 Å². The summed E-state index contributed by atoms with van der Waals surface area (Å²) in [5.74, 6) is -10.4. The Morgan fingerprint density at radius 2 is 0.833 bits per heavy atom. The van der Waals surface area contributed by atoms with Crippen molar-refractivity contribution in [2.24, 2.45) is 0 Å². The zero-order valence-corrected chi connectivity index (χ0v) is 6.13. The van der Waals surface area contributed by atoms with Crippen molar-refractivity contribution in [2.45, 2.75) is 29.9 Å². The van der Waals surface area contributed by atoms with Gasteiger partial charge >= 0.3 is 0 Å². The quantitative estimate of drug-likeness (QED) is 0.188. The Hall–Kier alpha value is -0.280. The van der Waals surface area contributed by atoms with Crippen LogP contribution in [0.3, 0.4) is 0 Å². The van der Waals surface area contributed by atoms with Crippen LogP contribution in [-0.2, 0) is 0 Å². The van der Waals surface area contributed by atoms with E-state index in [1.54, 1.807) is 0 Å². The summed E-state index contributed by atoms with van der Waals surface area (Å²) in [6.45, 7) is 0.637. The summed E-state index contributed by atoms with van der Waals surface area (Å²) in [5, 5.41) is 61.5. The molecule has 7 N–H and O–H groups in total. The molecule has 1 fully saturated rings. The summed E-state index contributed by atoms with van der Waals surface area (Å²) in [6.07, 6.45) is 0. The molecule has 7 nitrogen and oxygen atoms in total. The van der Waals surface area contributed by atoms with Crippen molar-refractivity contribution in [3.8, 4) is 0 Å². The lowest BCUT2D eigenvalue weighted by Gasteiger charge is -2.62. The van der Waals surface area contributed by atoms with Crippen LogP contribution in [-0.4, -0.2) is 58.7 Å². The van der Waals surface area contributed by atoms with Crippen molar-refractivity contribution in [1.82, 2.24) is 0 Å². The van der Waals surface area contributed by atoms with Crippen molar-refractivity contribution >= 4 is 0 Å². The van der Waals surface area contributed by atoms with Gasteiger partial charge in [0.05, 0.1) is 0 Å². The van der Waals surface area contributed by atoms with E-state index >= 15 is 0 Å². The predicted octanol–water partition coefficient (Wildman–Crippen LogP) is -4.21. The van der Waals surface area contributed by atoms with E-state index in [0.717, 1.165) is 0 Å². The highest BCUT2D eigenvalue weighted by Gasteiger charge is 2.88. The molecule has 0 radical (unpaired) electrons. The predicted molar refractivity (Wildman–Crippen MR) is 32.1 cm³/mol. The average molecular weight is 182 g/mol. The van der Waals surface area contributed by atoms with Crippen LogP contribution < -0.4 is 0 Å². The fraction of sp³-hybridized carbons (Fsp3) is 1.00. The molecule has 0 atom stereocenters. The number of rotatable bonds is 0. The van der Waals surface area contributed by atoms with Gasteiger partial charge in [-0.05, 0) is 6.92 Å². The van der Waals surface area contributed by atoms with Crippen LogP contribution >= 0.6 is 0 Å². The standard InChI is InChI=1S/C5H10O7/c1-2(6)3(7,8)5(11,12)4(2,9)10/h6-12H,1H3. The van der Waals surface area contributed by atoms with Crippen LogP contribution in [0.15, 0.2) is 0 Å². The van der Waals surface area contributed by atoms with Gasteiger partial charge in [-0.15, -0.1) is 0 Å². The summed E-state index contributed by atoms with van der Waals surface area (Å²) in [4.78, 5) is 0. The third-order valence-corrected chi connectivity index (χ3v) is 2.33. The van der Waals surface area contributed by atoms with Crippen LogP contribution in [0.25, 0.3) is 0 Å². The Balaban J connectivity index is 3.16. The summed E-state index contributed by atoms with van der Waals surface area (Å²) < 4.78 is 0. The largest absolute Gasteiger partial charge is 0.379 e. The highest BCUT2D eigenvalue weighted by molar-refractivity contribution is 5.23. The molecule has 1 aliphatic rings. The fourth-order valence-electron chi connectivity index (χ4n) is 1.10. The Morgan fingerprint density at radius 1 is 0.583 bits per heavy atom. The molecular weight excluding hydrogens is 172 g/mol. The molecule has 0 amide bonds. The molecule has 1 saturated carbocycles. The van der Waals surface area contributed by atoms with E-state index in [1.807, 2.05) is 0 Å². The Labute approximate surface area is 66.8 Å². The summed E-state index contributed by atoms with van der Waals surface area (Å²) in [5.41, 5.74) is -2.83. The van der Waals surface area contributed by atoms with Gasteiger partial charge < -0.3 is 35.7 Å². The van der Waals surface area contributed by atoms with Crippen molar-refractivity contribution in [3.05, 3.63) is 0 Å². The minimum atomic E-state index is -3.58. The van der Waals surface area contributed by atoms with E-state index in [0.29, 0.717) is 6.92 Å². The van der Waals surface area contributed by atoms with E-state index in [2.05, 4.69) is 0 Å². The highest BCUT2D eigenvalue weighted by atomic mass is 16.7. The molecule has 0 spiro atoms. The average Bonchev–Trinajstić information content (AvgIpc) is 1.84. The zero-order valence-electron chi connectivity index (χ0n) is 6.13. The molecule has 7 heteroatoms. The minimum absolute atomic E-state index is 0.637. The molecule has 0 heterocycles. The van der Waals surface area contributed by atoms with Crippen LogP contribution in [0.4, 0.5) is 0 Å². The summed E-state index contributed by atoms with van der Waals surface area (Å²) in [6, 6.07) is 0. The fourth-order valence-corrected chi connectivity index (χ4v) is 1.10. The second-order valence-corrected chi connectivity index (χ2v) is 3.09. The van der Waals surface area contributed by atoms with E-state index in [1.165, 1.54) is 0 Å². The minimum Gasteiger partial charge on any atom is -0.379 e. The van der Waals surface area contributed by atoms with E-state index < -0.39 is 23.0 Å². The topological polar surface area (TPSA) is 142 Å². The maximum absolute atomic E-state index is 8.98. The number of aliphatic hydroxyl groups is 7. The van der Waals surface area contributed by atoms with Crippen molar-refractivity contribution in [3.63, 3.8) is 0 Å². The first-order valence-corrected chi connectivity index (χ1v) is 3.07. The van der Waals surface area contributed by atoms with Gasteiger partial charge in [-0.25, -0.2) is 0 Å². The summed E-state index contributed by atoms with van der Waals surface area (Å²) >= 11 is 0. The van der Waals surface area contributed by atoms with E-state index in [9.17, 15) is 0 Å². The van der Waals surface area contributed by atoms with E-state index in [4.69, 9.17) is 35.7 Å².